The molecule has 0 aliphatic heterocycles. The molecule has 2 bridgehead atoms. The third kappa shape index (κ3) is 3.04. The Morgan fingerprint density at radius 1 is 1.40 bits per heavy atom. The molecule has 3 rings (SSSR count). The first kappa shape index (κ1) is 14.0. The highest BCUT2D eigenvalue weighted by Crippen LogP contribution is 2.41. The summed E-state index contributed by atoms with van der Waals surface area (Å²) < 4.78 is 0. The number of amides is 1. The second kappa shape index (κ2) is 6.22. The zero-order valence-electron chi connectivity index (χ0n) is 11.8. The van der Waals surface area contributed by atoms with Crippen molar-refractivity contribution in [3.63, 3.8) is 0 Å². The predicted molar refractivity (Wildman–Crippen MR) is 80.4 cm³/mol. The molecule has 20 heavy (non-hydrogen) atoms. The zero-order valence-corrected chi connectivity index (χ0v) is 12.6. The van der Waals surface area contributed by atoms with E-state index in [1.807, 2.05) is 11.6 Å². The van der Waals surface area contributed by atoms with Crippen LogP contribution in [0.5, 0.6) is 0 Å². The van der Waals surface area contributed by atoms with Gasteiger partial charge in [-0.1, -0.05) is 6.42 Å². The number of nitrogens with two attached hydrogens (primary N) is 1. The highest BCUT2D eigenvalue weighted by atomic mass is 32.1. The van der Waals surface area contributed by atoms with Crippen molar-refractivity contribution in [3.8, 4) is 0 Å². The van der Waals surface area contributed by atoms with Crippen LogP contribution in [0.25, 0.3) is 0 Å². The number of carbonyl (C=O) groups is 1. The molecular weight excluding hydrogens is 270 g/mol. The quantitative estimate of drug-likeness (QED) is 0.891. The lowest BCUT2D eigenvalue weighted by Gasteiger charge is -2.43. The number of nitrogens with one attached hydrogen (secondary N) is 1. The fourth-order valence-corrected chi connectivity index (χ4v) is 4.44. The summed E-state index contributed by atoms with van der Waals surface area (Å²) in [7, 11) is 0. The van der Waals surface area contributed by atoms with E-state index in [-0.39, 0.29) is 11.8 Å². The van der Waals surface area contributed by atoms with Crippen molar-refractivity contribution in [2.75, 3.05) is 6.54 Å². The van der Waals surface area contributed by atoms with Gasteiger partial charge in [0.05, 0.1) is 5.01 Å². The minimum Gasteiger partial charge on any atom is -0.355 e. The summed E-state index contributed by atoms with van der Waals surface area (Å²) in [6.07, 6.45) is 8.33. The molecule has 0 aromatic carbocycles. The smallest absolute Gasteiger partial charge is 0.223 e. The van der Waals surface area contributed by atoms with Crippen molar-refractivity contribution in [2.24, 2.45) is 23.5 Å². The van der Waals surface area contributed by atoms with Crippen LogP contribution < -0.4 is 11.1 Å². The third-order valence-corrected chi connectivity index (χ3v) is 5.74. The number of fused-ring (bicyclic) bond motifs is 2. The van der Waals surface area contributed by atoms with Crippen LogP contribution in [0, 0.1) is 17.8 Å². The maximum atomic E-state index is 12.3. The van der Waals surface area contributed by atoms with E-state index in [4.69, 9.17) is 5.73 Å². The predicted octanol–water partition coefficient (Wildman–Crippen LogP) is 1.96. The SMILES string of the molecule is NC1C2CCCC1CC(C(=O)NCCc1nccs1)C2. The third-order valence-electron chi connectivity index (χ3n) is 4.91. The van der Waals surface area contributed by atoms with Crippen LogP contribution in [0.4, 0.5) is 0 Å². The average Bonchev–Trinajstić information content (AvgIpc) is 2.91. The molecule has 2 aliphatic rings. The van der Waals surface area contributed by atoms with E-state index in [1.165, 1.54) is 19.3 Å². The summed E-state index contributed by atoms with van der Waals surface area (Å²) in [4.78, 5) is 16.5. The normalized spacial score (nSPS) is 32.9. The van der Waals surface area contributed by atoms with Crippen molar-refractivity contribution in [1.29, 1.82) is 0 Å². The minimum atomic E-state index is 0.182. The van der Waals surface area contributed by atoms with Crippen LogP contribution in [0.15, 0.2) is 11.6 Å². The topological polar surface area (TPSA) is 68.0 Å². The standard InChI is InChI=1S/C15H23N3OS/c16-14-10-2-1-3-11(14)9-12(8-10)15(19)18-5-4-13-17-6-7-20-13/h6-7,10-12,14H,1-5,8-9,16H2,(H,18,19). The van der Waals surface area contributed by atoms with Crippen molar-refractivity contribution >= 4 is 17.2 Å². The Kier molecular flexibility index (Phi) is 4.36. The maximum Gasteiger partial charge on any atom is 0.223 e. The molecular formula is C15H23N3OS. The number of nitrogens with zero attached hydrogens (tertiary/aromatic N) is 1. The molecule has 2 atom stereocenters. The second-order valence-corrected chi connectivity index (χ2v) is 7.14. The second-order valence-electron chi connectivity index (χ2n) is 6.16. The first-order chi connectivity index (χ1) is 9.74. The van der Waals surface area contributed by atoms with Crippen LogP contribution in [0.2, 0.25) is 0 Å². The minimum absolute atomic E-state index is 0.182. The van der Waals surface area contributed by atoms with Gasteiger partial charge >= 0.3 is 0 Å². The molecule has 3 N–H and O–H groups in total. The van der Waals surface area contributed by atoms with E-state index >= 15 is 0 Å². The van der Waals surface area contributed by atoms with E-state index in [1.54, 1.807) is 11.3 Å². The van der Waals surface area contributed by atoms with E-state index in [0.717, 1.165) is 24.3 Å². The first-order valence-electron chi connectivity index (χ1n) is 7.65. The lowest BCUT2D eigenvalue weighted by Crippen LogP contribution is -2.49. The fourth-order valence-electron chi connectivity index (χ4n) is 3.82. The summed E-state index contributed by atoms with van der Waals surface area (Å²) in [6, 6.07) is 0.336. The number of carbonyl (C=O) groups excluding carboxylic acids is 1. The van der Waals surface area contributed by atoms with Gasteiger partial charge in [-0.2, -0.15) is 0 Å². The van der Waals surface area contributed by atoms with E-state index in [0.29, 0.717) is 24.4 Å². The van der Waals surface area contributed by atoms with E-state index in [9.17, 15) is 4.79 Å². The van der Waals surface area contributed by atoms with Gasteiger partial charge < -0.3 is 11.1 Å². The monoisotopic (exact) mass is 293 g/mol. The fraction of sp³-hybridized carbons (Fsp3) is 0.733. The number of hydrogen-bond acceptors (Lipinski definition) is 4. The Balaban J connectivity index is 1.48. The van der Waals surface area contributed by atoms with Gasteiger partial charge in [0.15, 0.2) is 0 Å². The molecule has 0 spiro atoms. The molecule has 1 aromatic heterocycles. The molecule has 2 unspecified atom stereocenters. The van der Waals surface area contributed by atoms with Gasteiger partial charge in [0, 0.05) is 36.5 Å². The molecule has 110 valence electrons. The van der Waals surface area contributed by atoms with Crippen LogP contribution in [-0.4, -0.2) is 23.5 Å². The Labute approximate surface area is 124 Å². The largest absolute Gasteiger partial charge is 0.355 e. The summed E-state index contributed by atoms with van der Waals surface area (Å²) in [5.74, 6) is 1.54. The van der Waals surface area contributed by atoms with Gasteiger partial charge in [-0.05, 0) is 37.5 Å². The lowest BCUT2D eigenvalue weighted by atomic mass is 9.65. The van der Waals surface area contributed by atoms with Gasteiger partial charge in [0.2, 0.25) is 5.91 Å². The van der Waals surface area contributed by atoms with Crippen LogP contribution >= 0.6 is 11.3 Å². The van der Waals surface area contributed by atoms with Crippen LogP contribution in [0.1, 0.15) is 37.1 Å². The van der Waals surface area contributed by atoms with E-state index in [2.05, 4.69) is 10.3 Å². The first-order valence-corrected chi connectivity index (χ1v) is 8.53. The zero-order chi connectivity index (χ0) is 13.9. The van der Waals surface area contributed by atoms with Gasteiger partial charge in [-0.3, -0.25) is 4.79 Å². The average molecular weight is 293 g/mol. The number of aromatic nitrogens is 1. The Hall–Kier alpha value is -0.940. The lowest BCUT2D eigenvalue weighted by molar-refractivity contribution is -0.127. The summed E-state index contributed by atoms with van der Waals surface area (Å²) >= 11 is 1.65. The van der Waals surface area contributed by atoms with Crippen LogP contribution in [-0.2, 0) is 11.2 Å². The molecule has 2 aliphatic carbocycles. The molecule has 1 amide bonds. The van der Waals surface area contributed by atoms with Crippen LogP contribution in [0.3, 0.4) is 0 Å². The molecule has 1 heterocycles. The summed E-state index contributed by atoms with van der Waals surface area (Å²) in [5, 5.41) is 6.15. The van der Waals surface area contributed by atoms with Gasteiger partial charge in [-0.15, -0.1) is 11.3 Å². The van der Waals surface area contributed by atoms with Crippen molar-refractivity contribution in [1.82, 2.24) is 10.3 Å². The van der Waals surface area contributed by atoms with Gasteiger partial charge in [0.1, 0.15) is 0 Å². The summed E-state index contributed by atoms with van der Waals surface area (Å²) in [6.45, 7) is 0.699. The summed E-state index contributed by atoms with van der Waals surface area (Å²) in [5.41, 5.74) is 6.27. The number of hydrogen-bond donors (Lipinski definition) is 2. The molecule has 1 aromatic rings. The van der Waals surface area contributed by atoms with Crippen molar-refractivity contribution < 1.29 is 4.79 Å². The van der Waals surface area contributed by atoms with Crippen molar-refractivity contribution in [3.05, 3.63) is 16.6 Å². The molecule has 0 saturated heterocycles. The molecule has 2 saturated carbocycles. The number of thiazole rings is 1. The van der Waals surface area contributed by atoms with Gasteiger partial charge in [-0.25, -0.2) is 4.98 Å². The Morgan fingerprint density at radius 2 is 2.15 bits per heavy atom. The van der Waals surface area contributed by atoms with Gasteiger partial charge in [0.25, 0.3) is 0 Å². The Bertz CT molecular complexity index is 434. The number of rotatable bonds is 4. The molecule has 4 nitrogen and oxygen atoms in total. The molecule has 2 fully saturated rings. The maximum absolute atomic E-state index is 12.3. The molecule has 0 radical (unpaired) electrons. The highest BCUT2D eigenvalue weighted by molar-refractivity contribution is 7.09. The van der Waals surface area contributed by atoms with E-state index < -0.39 is 0 Å². The highest BCUT2D eigenvalue weighted by Gasteiger charge is 2.40. The van der Waals surface area contributed by atoms with Crippen molar-refractivity contribution in [2.45, 2.75) is 44.6 Å². The molecule has 5 heteroatoms. The Morgan fingerprint density at radius 3 is 2.80 bits per heavy atom.